The summed E-state index contributed by atoms with van der Waals surface area (Å²) < 4.78 is 42.5. The van der Waals surface area contributed by atoms with Crippen LogP contribution in [0.3, 0.4) is 0 Å². The van der Waals surface area contributed by atoms with E-state index in [1.165, 1.54) is 30.0 Å². The van der Waals surface area contributed by atoms with Crippen LogP contribution in [0.25, 0.3) is 11.3 Å². The predicted octanol–water partition coefficient (Wildman–Crippen LogP) is 3.92. The standard InChI is InChI=1S/C14H8F3NO2S/c1-21-12-6-11(20-13(19)10(12)7-18)8-2-4-9(5-3-8)14(15,16)17/h2-6H,1H3. The number of rotatable bonds is 2. The second kappa shape index (κ2) is 5.66. The lowest BCUT2D eigenvalue weighted by Crippen LogP contribution is -2.07. The number of nitrogens with zero attached hydrogens (tertiary/aromatic N) is 1. The Bertz CT molecular complexity index is 758. The van der Waals surface area contributed by atoms with Crippen molar-refractivity contribution in [3.05, 3.63) is 51.9 Å². The molecular weight excluding hydrogens is 303 g/mol. The molecule has 1 aromatic carbocycles. The van der Waals surface area contributed by atoms with E-state index in [0.29, 0.717) is 10.5 Å². The first-order valence-corrected chi connectivity index (χ1v) is 6.89. The summed E-state index contributed by atoms with van der Waals surface area (Å²) in [6.45, 7) is 0. The van der Waals surface area contributed by atoms with Gasteiger partial charge in [-0.05, 0) is 24.5 Å². The molecule has 2 aromatic rings. The summed E-state index contributed by atoms with van der Waals surface area (Å²) in [6.07, 6.45) is -2.74. The molecule has 7 heteroatoms. The van der Waals surface area contributed by atoms with E-state index in [2.05, 4.69) is 0 Å². The molecule has 21 heavy (non-hydrogen) atoms. The van der Waals surface area contributed by atoms with Crippen LogP contribution in [0.15, 0.2) is 44.4 Å². The van der Waals surface area contributed by atoms with Crippen LogP contribution < -0.4 is 5.63 Å². The number of hydrogen-bond donors (Lipinski definition) is 0. The van der Waals surface area contributed by atoms with Gasteiger partial charge >= 0.3 is 11.8 Å². The molecule has 0 amide bonds. The van der Waals surface area contributed by atoms with Gasteiger partial charge in [-0.1, -0.05) is 12.1 Å². The largest absolute Gasteiger partial charge is 0.422 e. The van der Waals surface area contributed by atoms with Crippen molar-refractivity contribution in [2.45, 2.75) is 11.1 Å². The van der Waals surface area contributed by atoms with Gasteiger partial charge in [0.05, 0.1) is 5.56 Å². The Kier molecular flexibility index (Phi) is 4.09. The number of alkyl halides is 3. The lowest BCUT2D eigenvalue weighted by Gasteiger charge is -2.08. The Morgan fingerprint density at radius 1 is 1.24 bits per heavy atom. The van der Waals surface area contributed by atoms with Crippen molar-refractivity contribution in [2.75, 3.05) is 6.26 Å². The lowest BCUT2D eigenvalue weighted by atomic mass is 10.1. The molecule has 0 aliphatic carbocycles. The van der Waals surface area contributed by atoms with Gasteiger partial charge in [0.2, 0.25) is 0 Å². The van der Waals surface area contributed by atoms with E-state index in [-0.39, 0.29) is 11.3 Å². The summed E-state index contributed by atoms with van der Waals surface area (Å²) in [4.78, 5) is 12.1. The number of hydrogen-bond acceptors (Lipinski definition) is 4. The molecule has 0 fully saturated rings. The highest BCUT2D eigenvalue weighted by molar-refractivity contribution is 7.98. The molecule has 0 saturated heterocycles. The number of benzene rings is 1. The second-order valence-electron chi connectivity index (χ2n) is 4.03. The Morgan fingerprint density at radius 2 is 1.86 bits per heavy atom. The third-order valence-corrected chi connectivity index (χ3v) is 3.51. The third-order valence-electron chi connectivity index (χ3n) is 2.74. The van der Waals surface area contributed by atoms with E-state index in [0.717, 1.165) is 12.1 Å². The maximum atomic E-state index is 12.5. The summed E-state index contributed by atoms with van der Waals surface area (Å²) in [7, 11) is 0. The van der Waals surface area contributed by atoms with E-state index in [1.54, 1.807) is 12.3 Å². The first kappa shape index (κ1) is 15.2. The molecule has 0 spiro atoms. The Hall–Kier alpha value is -2.20. The molecule has 0 atom stereocenters. The summed E-state index contributed by atoms with van der Waals surface area (Å²) in [6, 6.07) is 7.47. The van der Waals surface area contributed by atoms with Crippen LogP contribution in [0.4, 0.5) is 13.2 Å². The Morgan fingerprint density at radius 3 is 2.33 bits per heavy atom. The maximum Gasteiger partial charge on any atom is 0.416 e. The molecule has 0 bridgehead atoms. The van der Waals surface area contributed by atoms with Crippen LogP contribution in [0.1, 0.15) is 11.1 Å². The average molecular weight is 311 g/mol. The Balaban J connectivity index is 2.51. The smallest absolute Gasteiger partial charge is 0.416 e. The molecule has 1 aromatic heterocycles. The van der Waals surface area contributed by atoms with Crippen LogP contribution in [0.2, 0.25) is 0 Å². The minimum Gasteiger partial charge on any atom is -0.422 e. The highest BCUT2D eigenvalue weighted by atomic mass is 32.2. The van der Waals surface area contributed by atoms with Gasteiger partial charge in [0.15, 0.2) is 5.56 Å². The van der Waals surface area contributed by atoms with E-state index in [4.69, 9.17) is 9.68 Å². The number of halogens is 3. The molecule has 0 aliphatic rings. The van der Waals surface area contributed by atoms with E-state index in [1.807, 2.05) is 0 Å². The Labute approximate surface area is 122 Å². The SMILES string of the molecule is CSc1cc(-c2ccc(C(F)(F)F)cc2)oc(=O)c1C#N. The zero-order valence-corrected chi connectivity index (χ0v) is 11.5. The zero-order chi connectivity index (χ0) is 15.6. The fraction of sp³-hybridized carbons (Fsp3) is 0.143. The van der Waals surface area contributed by atoms with Gasteiger partial charge in [-0.2, -0.15) is 18.4 Å². The van der Waals surface area contributed by atoms with Crippen molar-refractivity contribution >= 4 is 11.8 Å². The van der Waals surface area contributed by atoms with E-state index in [9.17, 15) is 18.0 Å². The fourth-order valence-corrected chi connectivity index (χ4v) is 2.26. The summed E-state index contributed by atoms with van der Waals surface area (Å²) in [5, 5.41) is 8.87. The van der Waals surface area contributed by atoms with Crippen LogP contribution in [0.5, 0.6) is 0 Å². The highest BCUT2D eigenvalue weighted by Crippen LogP contribution is 2.31. The first-order chi connectivity index (χ1) is 9.86. The highest BCUT2D eigenvalue weighted by Gasteiger charge is 2.30. The van der Waals surface area contributed by atoms with E-state index >= 15 is 0 Å². The van der Waals surface area contributed by atoms with Crippen LogP contribution >= 0.6 is 11.8 Å². The van der Waals surface area contributed by atoms with Gasteiger partial charge in [0, 0.05) is 10.5 Å². The van der Waals surface area contributed by atoms with Crippen molar-refractivity contribution in [2.24, 2.45) is 0 Å². The van der Waals surface area contributed by atoms with Gasteiger partial charge in [-0.3, -0.25) is 0 Å². The quantitative estimate of drug-likeness (QED) is 0.789. The van der Waals surface area contributed by atoms with Crippen molar-refractivity contribution in [1.82, 2.24) is 0 Å². The first-order valence-electron chi connectivity index (χ1n) is 5.66. The molecule has 0 N–H and O–H groups in total. The molecule has 0 unspecified atom stereocenters. The molecule has 0 radical (unpaired) electrons. The number of thioether (sulfide) groups is 1. The predicted molar refractivity (Wildman–Crippen MR) is 71.9 cm³/mol. The van der Waals surface area contributed by atoms with Crippen molar-refractivity contribution in [1.29, 1.82) is 5.26 Å². The second-order valence-corrected chi connectivity index (χ2v) is 4.88. The van der Waals surface area contributed by atoms with Crippen molar-refractivity contribution < 1.29 is 17.6 Å². The number of nitriles is 1. The van der Waals surface area contributed by atoms with Crippen LogP contribution in [0, 0.1) is 11.3 Å². The molecule has 0 saturated carbocycles. The molecule has 2 rings (SSSR count). The minimum absolute atomic E-state index is 0.113. The topological polar surface area (TPSA) is 54.0 Å². The lowest BCUT2D eigenvalue weighted by molar-refractivity contribution is -0.137. The summed E-state index contributed by atoms with van der Waals surface area (Å²) in [5.74, 6) is 0.122. The van der Waals surface area contributed by atoms with Gasteiger partial charge in [0.1, 0.15) is 11.8 Å². The van der Waals surface area contributed by atoms with Gasteiger partial charge in [0.25, 0.3) is 0 Å². The molecule has 108 valence electrons. The fourth-order valence-electron chi connectivity index (χ4n) is 1.70. The zero-order valence-electron chi connectivity index (χ0n) is 10.7. The summed E-state index contributed by atoms with van der Waals surface area (Å²) in [5.41, 5.74) is -1.37. The summed E-state index contributed by atoms with van der Waals surface area (Å²) >= 11 is 1.19. The molecule has 3 nitrogen and oxygen atoms in total. The van der Waals surface area contributed by atoms with Gasteiger partial charge in [-0.15, -0.1) is 11.8 Å². The average Bonchev–Trinajstić information content (AvgIpc) is 2.45. The van der Waals surface area contributed by atoms with Gasteiger partial charge < -0.3 is 4.42 Å². The maximum absolute atomic E-state index is 12.5. The monoisotopic (exact) mass is 311 g/mol. The van der Waals surface area contributed by atoms with Crippen LogP contribution in [-0.4, -0.2) is 6.26 Å². The van der Waals surface area contributed by atoms with Gasteiger partial charge in [-0.25, -0.2) is 4.79 Å². The van der Waals surface area contributed by atoms with Crippen LogP contribution in [-0.2, 0) is 6.18 Å². The molecule has 1 heterocycles. The van der Waals surface area contributed by atoms with E-state index < -0.39 is 17.4 Å². The van der Waals surface area contributed by atoms with Crippen molar-refractivity contribution in [3.63, 3.8) is 0 Å². The minimum atomic E-state index is -4.42. The molecule has 0 aliphatic heterocycles. The third kappa shape index (κ3) is 3.11. The molecular formula is C14H8F3NO2S. The normalized spacial score (nSPS) is 11.2. The van der Waals surface area contributed by atoms with Crippen molar-refractivity contribution in [3.8, 4) is 17.4 Å².